The Morgan fingerprint density at radius 3 is 1.91 bits per heavy atom. The van der Waals surface area contributed by atoms with E-state index in [0.29, 0.717) is 0 Å². The molecule has 0 aliphatic heterocycles. The van der Waals surface area contributed by atoms with Gasteiger partial charge < -0.3 is 4.74 Å². The van der Waals surface area contributed by atoms with E-state index < -0.39 is 55.2 Å². The topological polar surface area (TPSA) is 9.23 Å². The first-order valence-electron chi connectivity index (χ1n) is 6.15. The molecule has 0 N–H and O–H groups in total. The molecule has 0 aromatic heterocycles. The van der Waals surface area contributed by atoms with Gasteiger partial charge in [-0.1, -0.05) is 6.92 Å². The fourth-order valence-corrected chi connectivity index (χ4v) is 2.19. The van der Waals surface area contributed by atoms with Gasteiger partial charge in [0.25, 0.3) is 5.85 Å². The van der Waals surface area contributed by atoms with Gasteiger partial charge in [-0.2, -0.15) is 30.7 Å². The smallest absolute Gasteiger partial charge is 0.334 e. The average Bonchev–Trinajstić information content (AvgIpc) is 2.57. The van der Waals surface area contributed by atoms with Crippen LogP contribution in [0.4, 0.5) is 43.9 Å². The minimum Gasteiger partial charge on any atom is -0.334 e. The summed E-state index contributed by atoms with van der Waals surface area (Å²) in [6, 6.07) is 0. The van der Waals surface area contributed by atoms with Crippen molar-refractivity contribution >= 4 is 0 Å². The Morgan fingerprint density at radius 1 is 1.00 bits per heavy atom. The highest BCUT2D eigenvalue weighted by molar-refractivity contribution is 5.00. The van der Waals surface area contributed by atoms with Crippen molar-refractivity contribution in [2.24, 2.45) is 5.92 Å². The van der Waals surface area contributed by atoms with Crippen molar-refractivity contribution in [2.75, 3.05) is 6.61 Å². The molecule has 22 heavy (non-hydrogen) atoms. The molecule has 132 valence electrons. The third-order valence-corrected chi connectivity index (χ3v) is 3.60. The SMILES string of the molecule is CCC1CCC(F)(F)C1(F)OCC(F)(F)C(F)(F)C(F)(F)F. The standard InChI is InChI=1S/C11H12F10O/c1-2-6-3-4-7(12,13)9(6,16)22-5-8(14,15)10(17,18)11(19,20)21/h6H,2-5H2,1H3. The fourth-order valence-electron chi connectivity index (χ4n) is 2.19. The van der Waals surface area contributed by atoms with Gasteiger partial charge in [0.2, 0.25) is 0 Å². The molecular formula is C11H12F10O. The zero-order valence-electron chi connectivity index (χ0n) is 11.1. The lowest BCUT2D eigenvalue weighted by atomic mass is 9.99. The van der Waals surface area contributed by atoms with Gasteiger partial charge in [0, 0.05) is 12.3 Å². The van der Waals surface area contributed by atoms with Crippen LogP contribution in [0.15, 0.2) is 0 Å². The Kier molecular flexibility index (Phi) is 4.75. The second kappa shape index (κ2) is 5.41. The first kappa shape index (κ1) is 19.3. The Labute approximate surface area is 118 Å². The molecule has 11 heteroatoms. The van der Waals surface area contributed by atoms with Crippen LogP contribution in [0, 0.1) is 5.92 Å². The monoisotopic (exact) mass is 350 g/mol. The Morgan fingerprint density at radius 2 is 1.50 bits per heavy atom. The third-order valence-electron chi connectivity index (χ3n) is 3.60. The van der Waals surface area contributed by atoms with E-state index in [4.69, 9.17) is 0 Å². The van der Waals surface area contributed by atoms with Gasteiger partial charge in [-0.15, -0.1) is 0 Å². The van der Waals surface area contributed by atoms with Crippen LogP contribution in [0.2, 0.25) is 0 Å². The van der Waals surface area contributed by atoms with E-state index in [-0.39, 0.29) is 6.42 Å². The van der Waals surface area contributed by atoms with Crippen LogP contribution in [0.3, 0.4) is 0 Å². The van der Waals surface area contributed by atoms with E-state index in [1.54, 1.807) is 0 Å². The summed E-state index contributed by atoms with van der Waals surface area (Å²) in [5, 5.41) is 0. The molecule has 1 nitrogen and oxygen atoms in total. The number of hydrogen-bond donors (Lipinski definition) is 0. The highest BCUT2D eigenvalue weighted by Gasteiger charge is 2.74. The van der Waals surface area contributed by atoms with Crippen LogP contribution >= 0.6 is 0 Å². The Hall–Kier alpha value is -0.740. The molecule has 0 amide bonds. The van der Waals surface area contributed by atoms with E-state index in [0.717, 1.165) is 0 Å². The van der Waals surface area contributed by atoms with Gasteiger partial charge in [-0.05, 0) is 12.8 Å². The first-order chi connectivity index (χ1) is 9.62. The Balaban J connectivity index is 2.96. The van der Waals surface area contributed by atoms with Crippen molar-refractivity contribution in [1.82, 2.24) is 0 Å². The maximum atomic E-state index is 14.1. The molecule has 0 aromatic rings. The van der Waals surface area contributed by atoms with E-state index in [1.807, 2.05) is 0 Å². The van der Waals surface area contributed by atoms with E-state index in [2.05, 4.69) is 4.74 Å². The summed E-state index contributed by atoms with van der Waals surface area (Å²) in [5.74, 6) is -22.3. The molecule has 2 unspecified atom stereocenters. The van der Waals surface area contributed by atoms with Crippen molar-refractivity contribution in [3.63, 3.8) is 0 Å². The van der Waals surface area contributed by atoms with Gasteiger partial charge in [-0.25, -0.2) is 13.2 Å². The molecule has 1 aliphatic rings. The van der Waals surface area contributed by atoms with Crippen molar-refractivity contribution in [2.45, 2.75) is 56.0 Å². The molecule has 0 spiro atoms. The summed E-state index contributed by atoms with van der Waals surface area (Å²) >= 11 is 0. The largest absolute Gasteiger partial charge is 0.459 e. The lowest BCUT2D eigenvalue weighted by molar-refractivity contribution is -0.378. The summed E-state index contributed by atoms with van der Waals surface area (Å²) in [6.07, 6.45) is -8.47. The predicted octanol–water partition coefficient (Wildman–Crippen LogP) is 4.96. The zero-order valence-corrected chi connectivity index (χ0v) is 11.1. The molecular weight excluding hydrogens is 338 g/mol. The third kappa shape index (κ3) is 2.88. The molecule has 0 saturated heterocycles. The van der Waals surface area contributed by atoms with Crippen molar-refractivity contribution < 1.29 is 48.6 Å². The summed E-state index contributed by atoms with van der Waals surface area (Å²) in [4.78, 5) is 0. The normalized spacial score (nSPS) is 29.9. The number of rotatable bonds is 5. The molecule has 0 radical (unpaired) electrons. The van der Waals surface area contributed by atoms with E-state index in [9.17, 15) is 43.9 Å². The Bertz CT molecular complexity index is 404. The first-order valence-corrected chi connectivity index (χ1v) is 6.15. The second-order valence-corrected chi connectivity index (χ2v) is 5.06. The molecule has 2 atom stereocenters. The van der Waals surface area contributed by atoms with Crippen LogP contribution < -0.4 is 0 Å². The van der Waals surface area contributed by atoms with Crippen LogP contribution in [0.1, 0.15) is 26.2 Å². The van der Waals surface area contributed by atoms with Gasteiger partial charge in [0.1, 0.15) is 6.61 Å². The number of hydrogen-bond acceptors (Lipinski definition) is 1. The maximum Gasteiger partial charge on any atom is 0.459 e. The van der Waals surface area contributed by atoms with Crippen molar-refractivity contribution in [3.05, 3.63) is 0 Å². The van der Waals surface area contributed by atoms with Gasteiger partial charge >= 0.3 is 23.9 Å². The van der Waals surface area contributed by atoms with Crippen LogP contribution in [0.25, 0.3) is 0 Å². The lowest BCUT2D eigenvalue weighted by Crippen LogP contribution is -2.57. The molecule has 1 fully saturated rings. The number of halogens is 10. The van der Waals surface area contributed by atoms with E-state index in [1.165, 1.54) is 6.92 Å². The molecule has 0 heterocycles. The van der Waals surface area contributed by atoms with Crippen LogP contribution in [0.5, 0.6) is 0 Å². The summed E-state index contributed by atoms with van der Waals surface area (Å²) in [6.45, 7) is -1.59. The molecule has 1 aliphatic carbocycles. The van der Waals surface area contributed by atoms with Crippen LogP contribution in [-0.4, -0.2) is 36.4 Å². The summed E-state index contributed by atoms with van der Waals surface area (Å²) in [7, 11) is 0. The second-order valence-electron chi connectivity index (χ2n) is 5.06. The van der Waals surface area contributed by atoms with Gasteiger partial charge in [0.05, 0.1) is 0 Å². The molecule has 0 bridgehead atoms. The van der Waals surface area contributed by atoms with Gasteiger partial charge in [-0.3, -0.25) is 0 Å². The number of alkyl halides is 10. The molecule has 1 saturated carbocycles. The quantitative estimate of drug-likeness (QED) is 0.637. The number of ether oxygens (including phenoxy) is 1. The maximum absolute atomic E-state index is 14.1. The van der Waals surface area contributed by atoms with Gasteiger partial charge in [0.15, 0.2) is 0 Å². The molecule has 1 rings (SSSR count). The molecule has 0 aromatic carbocycles. The predicted molar refractivity (Wildman–Crippen MR) is 53.7 cm³/mol. The van der Waals surface area contributed by atoms with E-state index >= 15 is 0 Å². The highest BCUT2D eigenvalue weighted by Crippen LogP contribution is 2.54. The van der Waals surface area contributed by atoms with Crippen LogP contribution in [-0.2, 0) is 4.74 Å². The zero-order chi connectivity index (χ0) is 17.6. The van der Waals surface area contributed by atoms with Crippen molar-refractivity contribution in [3.8, 4) is 0 Å². The summed E-state index contributed by atoms with van der Waals surface area (Å²) < 4.78 is 131. The average molecular weight is 350 g/mol. The minimum atomic E-state index is -6.63. The highest BCUT2D eigenvalue weighted by atomic mass is 19.4. The fraction of sp³-hybridized carbons (Fsp3) is 1.00. The minimum absolute atomic E-state index is 0.284. The summed E-state index contributed by atoms with van der Waals surface area (Å²) in [5.41, 5.74) is 0. The van der Waals surface area contributed by atoms with Crippen molar-refractivity contribution in [1.29, 1.82) is 0 Å². The lowest BCUT2D eigenvalue weighted by Gasteiger charge is -2.34.